The molecule has 4 heteroatoms. The van der Waals surface area contributed by atoms with Crippen LogP contribution in [0.25, 0.3) is 0 Å². The van der Waals surface area contributed by atoms with Gasteiger partial charge in [0.1, 0.15) is 6.04 Å². The zero-order chi connectivity index (χ0) is 13.5. The molecule has 2 N–H and O–H groups in total. The Balaban J connectivity index is 2.56. The molecule has 0 aromatic rings. The minimum atomic E-state index is -0.925. The number of carbonyl (C=O) groups is 2. The van der Waals surface area contributed by atoms with Crippen molar-refractivity contribution in [1.82, 2.24) is 5.32 Å². The van der Waals surface area contributed by atoms with Gasteiger partial charge in [-0.05, 0) is 18.8 Å². The Kier molecular flexibility index (Phi) is 6.16. The Morgan fingerprint density at radius 2 is 1.78 bits per heavy atom. The van der Waals surface area contributed by atoms with E-state index in [1.54, 1.807) is 0 Å². The van der Waals surface area contributed by atoms with Crippen molar-refractivity contribution in [2.24, 2.45) is 11.8 Å². The quantitative estimate of drug-likeness (QED) is 0.742. The summed E-state index contributed by atoms with van der Waals surface area (Å²) in [5.74, 6) is -1.01. The lowest BCUT2D eigenvalue weighted by Gasteiger charge is -2.23. The number of carboxylic acids is 1. The summed E-state index contributed by atoms with van der Waals surface area (Å²) in [5, 5.41) is 11.9. The van der Waals surface area contributed by atoms with Gasteiger partial charge >= 0.3 is 5.97 Å². The summed E-state index contributed by atoms with van der Waals surface area (Å²) in [6.07, 6.45) is 7.10. The lowest BCUT2D eigenvalue weighted by molar-refractivity contribution is -0.144. The average molecular weight is 255 g/mol. The van der Waals surface area contributed by atoms with Crippen LogP contribution < -0.4 is 5.32 Å². The molecular weight excluding hydrogens is 230 g/mol. The molecule has 18 heavy (non-hydrogen) atoms. The lowest BCUT2D eigenvalue weighted by Crippen LogP contribution is -2.47. The predicted molar refractivity (Wildman–Crippen MR) is 70.2 cm³/mol. The van der Waals surface area contributed by atoms with Crippen LogP contribution in [0.15, 0.2) is 0 Å². The maximum Gasteiger partial charge on any atom is 0.326 e. The fraction of sp³-hybridized carbons (Fsp3) is 0.857. The third kappa shape index (κ3) is 4.31. The summed E-state index contributed by atoms with van der Waals surface area (Å²) in [6, 6.07) is -0.745. The van der Waals surface area contributed by atoms with Crippen LogP contribution in [0.2, 0.25) is 0 Å². The molecule has 1 aliphatic carbocycles. The number of hydrogen-bond donors (Lipinski definition) is 2. The molecule has 1 fully saturated rings. The third-order valence-electron chi connectivity index (χ3n) is 4.00. The summed E-state index contributed by atoms with van der Waals surface area (Å²) < 4.78 is 0. The van der Waals surface area contributed by atoms with Gasteiger partial charge in [0.05, 0.1) is 0 Å². The molecule has 0 aromatic heterocycles. The monoisotopic (exact) mass is 255 g/mol. The van der Waals surface area contributed by atoms with E-state index in [0.29, 0.717) is 0 Å². The largest absolute Gasteiger partial charge is 0.480 e. The Morgan fingerprint density at radius 3 is 2.22 bits per heavy atom. The summed E-state index contributed by atoms with van der Waals surface area (Å²) in [6.45, 7) is 3.81. The van der Waals surface area contributed by atoms with Gasteiger partial charge in [0.15, 0.2) is 0 Å². The molecule has 0 aromatic carbocycles. The molecule has 2 atom stereocenters. The van der Waals surface area contributed by atoms with Gasteiger partial charge in [0.2, 0.25) is 5.91 Å². The number of rotatable bonds is 5. The second kappa shape index (κ2) is 7.39. The molecule has 0 saturated heterocycles. The van der Waals surface area contributed by atoms with Gasteiger partial charge in [0.25, 0.3) is 0 Å². The van der Waals surface area contributed by atoms with Gasteiger partial charge in [-0.3, -0.25) is 4.79 Å². The highest BCUT2D eigenvalue weighted by Crippen LogP contribution is 2.23. The summed E-state index contributed by atoms with van der Waals surface area (Å²) in [5.41, 5.74) is 0. The van der Waals surface area contributed by atoms with Gasteiger partial charge < -0.3 is 10.4 Å². The van der Waals surface area contributed by atoms with Crippen molar-refractivity contribution in [3.05, 3.63) is 0 Å². The molecule has 0 radical (unpaired) electrons. The van der Waals surface area contributed by atoms with E-state index in [0.717, 1.165) is 32.1 Å². The fourth-order valence-corrected chi connectivity index (χ4v) is 2.50. The van der Waals surface area contributed by atoms with Crippen LogP contribution in [-0.2, 0) is 9.59 Å². The van der Waals surface area contributed by atoms with Crippen LogP contribution in [0.3, 0.4) is 0 Å². The van der Waals surface area contributed by atoms with Crippen molar-refractivity contribution in [3.8, 4) is 0 Å². The van der Waals surface area contributed by atoms with Crippen LogP contribution in [0.1, 0.15) is 58.8 Å². The van der Waals surface area contributed by atoms with Crippen LogP contribution in [-0.4, -0.2) is 23.0 Å². The average Bonchev–Trinajstić information content (AvgIpc) is 2.63. The number of carbonyl (C=O) groups excluding carboxylic acids is 1. The summed E-state index contributed by atoms with van der Waals surface area (Å²) in [4.78, 5) is 23.3. The van der Waals surface area contributed by atoms with E-state index in [2.05, 4.69) is 5.32 Å². The zero-order valence-electron chi connectivity index (χ0n) is 11.4. The first-order chi connectivity index (χ1) is 8.56. The van der Waals surface area contributed by atoms with Crippen molar-refractivity contribution in [2.75, 3.05) is 0 Å². The summed E-state index contributed by atoms with van der Waals surface area (Å²) >= 11 is 0. The van der Waals surface area contributed by atoms with Crippen molar-refractivity contribution < 1.29 is 14.7 Å². The SMILES string of the molecule is CC[C@H](C)[C@H](NC(=O)C1CCCCCC1)C(=O)O. The van der Waals surface area contributed by atoms with Crippen molar-refractivity contribution in [1.29, 1.82) is 0 Å². The zero-order valence-corrected chi connectivity index (χ0v) is 11.4. The highest BCUT2D eigenvalue weighted by Gasteiger charge is 2.28. The van der Waals surface area contributed by atoms with Crippen molar-refractivity contribution in [3.63, 3.8) is 0 Å². The topological polar surface area (TPSA) is 66.4 Å². The van der Waals surface area contributed by atoms with Crippen LogP contribution in [0.5, 0.6) is 0 Å². The number of hydrogen-bond acceptors (Lipinski definition) is 2. The highest BCUT2D eigenvalue weighted by atomic mass is 16.4. The maximum absolute atomic E-state index is 12.1. The number of carboxylic acid groups (broad SMARTS) is 1. The Hall–Kier alpha value is -1.06. The fourth-order valence-electron chi connectivity index (χ4n) is 2.50. The minimum absolute atomic E-state index is 0.0124. The van der Waals surface area contributed by atoms with Crippen LogP contribution in [0.4, 0.5) is 0 Å². The molecule has 104 valence electrons. The first-order valence-electron chi connectivity index (χ1n) is 7.09. The molecule has 1 rings (SSSR count). The van der Waals surface area contributed by atoms with Crippen LogP contribution in [0, 0.1) is 11.8 Å². The van der Waals surface area contributed by atoms with E-state index in [1.807, 2.05) is 13.8 Å². The first kappa shape index (κ1) is 15.0. The lowest BCUT2D eigenvalue weighted by atomic mass is 9.95. The Bertz CT molecular complexity index is 283. The molecule has 0 unspecified atom stereocenters. The van der Waals surface area contributed by atoms with Crippen molar-refractivity contribution in [2.45, 2.75) is 64.8 Å². The molecule has 0 aliphatic heterocycles. The molecule has 4 nitrogen and oxygen atoms in total. The second-order valence-electron chi connectivity index (χ2n) is 5.40. The maximum atomic E-state index is 12.1. The first-order valence-corrected chi connectivity index (χ1v) is 7.09. The van der Waals surface area contributed by atoms with Crippen LogP contribution >= 0.6 is 0 Å². The standard InChI is InChI=1S/C14H25NO3/c1-3-10(2)12(14(17)18)15-13(16)11-8-6-4-5-7-9-11/h10-12H,3-9H2,1-2H3,(H,15,16)(H,17,18)/t10-,12-/m0/s1. The molecular formula is C14H25NO3. The molecule has 0 heterocycles. The normalized spacial score (nSPS) is 20.8. The smallest absolute Gasteiger partial charge is 0.326 e. The third-order valence-corrected chi connectivity index (χ3v) is 4.00. The molecule has 0 spiro atoms. The number of aliphatic carboxylic acids is 1. The van der Waals surface area contributed by atoms with E-state index >= 15 is 0 Å². The summed E-state index contributed by atoms with van der Waals surface area (Å²) in [7, 11) is 0. The van der Waals surface area contributed by atoms with Gasteiger partial charge in [-0.1, -0.05) is 46.0 Å². The molecule has 1 aliphatic rings. The molecule has 0 bridgehead atoms. The Morgan fingerprint density at radius 1 is 1.22 bits per heavy atom. The van der Waals surface area contributed by atoms with E-state index in [1.165, 1.54) is 12.8 Å². The van der Waals surface area contributed by atoms with E-state index in [9.17, 15) is 9.59 Å². The van der Waals surface area contributed by atoms with Gasteiger partial charge in [-0.2, -0.15) is 0 Å². The van der Waals surface area contributed by atoms with E-state index in [4.69, 9.17) is 5.11 Å². The predicted octanol–water partition coefficient (Wildman–Crippen LogP) is 2.57. The van der Waals surface area contributed by atoms with Gasteiger partial charge in [-0.25, -0.2) is 4.79 Å². The Labute approximate surface area is 109 Å². The van der Waals surface area contributed by atoms with Crippen molar-refractivity contribution >= 4 is 11.9 Å². The van der Waals surface area contributed by atoms with Gasteiger partial charge in [0, 0.05) is 5.92 Å². The number of amides is 1. The molecule has 1 saturated carbocycles. The molecule has 1 amide bonds. The highest BCUT2D eigenvalue weighted by molar-refractivity contribution is 5.85. The van der Waals surface area contributed by atoms with E-state index < -0.39 is 12.0 Å². The number of nitrogens with one attached hydrogen (secondary N) is 1. The van der Waals surface area contributed by atoms with E-state index in [-0.39, 0.29) is 17.7 Å². The van der Waals surface area contributed by atoms with Gasteiger partial charge in [-0.15, -0.1) is 0 Å². The second-order valence-corrected chi connectivity index (χ2v) is 5.40. The minimum Gasteiger partial charge on any atom is -0.480 e.